The number of benzene rings is 2. The number of carbonyl (C=O) groups excluding carboxylic acids is 1. The summed E-state index contributed by atoms with van der Waals surface area (Å²) in [5.74, 6) is -0.815. The zero-order valence-corrected chi connectivity index (χ0v) is 20.3. The highest BCUT2D eigenvalue weighted by Gasteiger charge is 2.44. The standard InChI is InChI=1S/C27H30F3N3O3/c1-26(2)13-11-22(12-14-26)33(36-25(34)27(28,29)30)17-18-35-23-9-7-20(8-10-23)19-3-5-21(6-4-19)24-31-15-16-32-24/h3-10,15-16,22H,11-14,17-18H2,1-2H3,(H,31,32). The second-order valence-corrected chi connectivity index (χ2v) is 9.80. The fourth-order valence-corrected chi connectivity index (χ4v) is 4.37. The lowest BCUT2D eigenvalue weighted by Gasteiger charge is -2.38. The van der Waals surface area contributed by atoms with Crippen LogP contribution in [0.4, 0.5) is 13.2 Å². The Hall–Kier alpha value is -3.33. The predicted octanol–water partition coefficient (Wildman–Crippen LogP) is 6.41. The molecule has 36 heavy (non-hydrogen) atoms. The number of aromatic nitrogens is 2. The molecule has 1 N–H and O–H groups in total. The Bertz CT molecular complexity index is 1120. The third kappa shape index (κ3) is 6.66. The summed E-state index contributed by atoms with van der Waals surface area (Å²) in [7, 11) is 0. The molecule has 3 aromatic rings. The highest BCUT2D eigenvalue weighted by atomic mass is 19.4. The molecule has 6 nitrogen and oxygen atoms in total. The van der Waals surface area contributed by atoms with E-state index in [1.54, 1.807) is 12.4 Å². The molecule has 1 aromatic heterocycles. The lowest BCUT2D eigenvalue weighted by molar-refractivity contribution is -0.250. The summed E-state index contributed by atoms with van der Waals surface area (Å²) < 4.78 is 44.2. The van der Waals surface area contributed by atoms with Crippen molar-refractivity contribution >= 4 is 5.97 Å². The number of aromatic amines is 1. The minimum absolute atomic E-state index is 0.0446. The number of imidazole rings is 1. The van der Waals surface area contributed by atoms with Crippen molar-refractivity contribution in [2.45, 2.75) is 51.7 Å². The normalized spacial score (nSPS) is 16.2. The topological polar surface area (TPSA) is 67.4 Å². The Morgan fingerprint density at radius 3 is 2.17 bits per heavy atom. The van der Waals surface area contributed by atoms with Gasteiger partial charge in [-0.05, 0) is 54.4 Å². The van der Waals surface area contributed by atoms with Gasteiger partial charge in [-0.15, -0.1) is 5.06 Å². The van der Waals surface area contributed by atoms with Gasteiger partial charge in [0.1, 0.15) is 18.2 Å². The number of alkyl halides is 3. The Kier molecular flexibility index (Phi) is 7.68. The maximum absolute atomic E-state index is 12.8. The third-order valence-electron chi connectivity index (χ3n) is 6.57. The summed E-state index contributed by atoms with van der Waals surface area (Å²) in [6, 6.07) is 15.2. The zero-order chi connectivity index (χ0) is 25.8. The van der Waals surface area contributed by atoms with E-state index in [4.69, 9.17) is 9.57 Å². The molecule has 0 spiro atoms. The Balaban J connectivity index is 1.34. The predicted molar refractivity (Wildman–Crippen MR) is 130 cm³/mol. The number of halogens is 3. The molecular weight excluding hydrogens is 471 g/mol. The van der Waals surface area contributed by atoms with Crippen LogP contribution in [0.15, 0.2) is 60.9 Å². The highest BCUT2D eigenvalue weighted by Crippen LogP contribution is 2.37. The second kappa shape index (κ2) is 10.7. The molecule has 192 valence electrons. The van der Waals surface area contributed by atoms with Crippen LogP contribution in [0.25, 0.3) is 22.5 Å². The van der Waals surface area contributed by atoms with Gasteiger partial charge in [0.15, 0.2) is 0 Å². The highest BCUT2D eigenvalue weighted by molar-refractivity contribution is 5.75. The summed E-state index contributed by atoms with van der Waals surface area (Å²) in [6.07, 6.45) is 1.45. The first-order valence-electron chi connectivity index (χ1n) is 12.0. The van der Waals surface area contributed by atoms with Gasteiger partial charge in [-0.1, -0.05) is 50.2 Å². The van der Waals surface area contributed by atoms with E-state index in [0.717, 1.165) is 40.4 Å². The summed E-state index contributed by atoms with van der Waals surface area (Å²) >= 11 is 0. The maximum atomic E-state index is 12.8. The minimum Gasteiger partial charge on any atom is -0.492 e. The van der Waals surface area contributed by atoms with Crippen LogP contribution >= 0.6 is 0 Å². The monoisotopic (exact) mass is 501 g/mol. The van der Waals surface area contributed by atoms with Gasteiger partial charge in [-0.25, -0.2) is 9.78 Å². The van der Waals surface area contributed by atoms with Crippen LogP contribution in [0.3, 0.4) is 0 Å². The number of carbonyl (C=O) groups is 1. The molecule has 0 aliphatic heterocycles. The molecule has 0 radical (unpaired) electrons. The number of ether oxygens (including phenoxy) is 1. The van der Waals surface area contributed by atoms with Crippen molar-refractivity contribution in [2.24, 2.45) is 5.41 Å². The van der Waals surface area contributed by atoms with Gasteiger partial charge in [0.2, 0.25) is 0 Å². The SMILES string of the molecule is CC1(C)CCC(N(CCOc2ccc(-c3ccc(-c4ncc[nH]4)cc3)cc2)OC(=O)C(F)(F)F)CC1. The van der Waals surface area contributed by atoms with Crippen molar-refractivity contribution in [3.8, 4) is 28.3 Å². The Morgan fingerprint density at radius 2 is 1.61 bits per heavy atom. The number of hydroxylamine groups is 2. The quantitative estimate of drug-likeness (QED) is 0.361. The number of hydrogen-bond acceptors (Lipinski definition) is 5. The maximum Gasteiger partial charge on any atom is 0.492 e. The van der Waals surface area contributed by atoms with E-state index >= 15 is 0 Å². The fraction of sp³-hybridized carbons (Fsp3) is 0.407. The third-order valence-corrected chi connectivity index (χ3v) is 6.57. The molecule has 1 heterocycles. The Morgan fingerprint density at radius 1 is 1.03 bits per heavy atom. The molecule has 0 amide bonds. The number of nitrogens with zero attached hydrogens (tertiary/aromatic N) is 2. The minimum atomic E-state index is -5.04. The van der Waals surface area contributed by atoms with Gasteiger partial charge < -0.3 is 14.6 Å². The van der Waals surface area contributed by atoms with Gasteiger partial charge in [0.05, 0.1) is 6.54 Å². The van der Waals surface area contributed by atoms with Crippen LogP contribution < -0.4 is 4.74 Å². The molecule has 4 rings (SSSR count). The van der Waals surface area contributed by atoms with E-state index in [2.05, 4.69) is 23.8 Å². The summed E-state index contributed by atoms with van der Waals surface area (Å²) in [6.45, 7) is 4.40. The molecule has 0 unspecified atom stereocenters. The van der Waals surface area contributed by atoms with Crippen LogP contribution in [0.1, 0.15) is 39.5 Å². The number of nitrogens with one attached hydrogen (secondary N) is 1. The molecule has 0 atom stereocenters. The molecule has 9 heteroatoms. The van der Waals surface area contributed by atoms with Crippen LogP contribution in [0, 0.1) is 5.41 Å². The zero-order valence-electron chi connectivity index (χ0n) is 20.3. The number of H-pyrrole nitrogens is 1. The molecule has 2 aromatic carbocycles. The van der Waals surface area contributed by atoms with E-state index in [9.17, 15) is 18.0 Å². The van der Waals surface area contributed by atoms with E-state index in [1.165, 1.54) is 0 Å². The van der Waals surface area contributed by atoms with Gasteiger partial charge in [-0.3, -0.25) is 0 Å². The van der Waals surface area contributed by atoms with E-state index in [1.807, 2.05) is 48.5 Å². The van der Waals surface area contributed by atoms with Gasteiger partial charge in [0, 0.05) is 24.0 Å². The first-order chi connectivity index (χ1) is 17.1. The van der Waals surface area contributed by atoms with Gasteiger partial charge >= 0.3 is 12.1 Å². The molecule has 0 bridgehead atoms. The second-order valence-electron chi connectivity index (χ2n) is 9.80. The first-order valence-corrected chi connectivity index (χ1v) is 12.0. The van der Waals surface area contributed by atoms with Crippen molar-refractivity contribution in [1.82, 2.24) is 15.0 Å². The van der Waals surface area contributed by atoms with E-state index < -0.39 is 12.1 Å². The number of hydrogen-bond donors (Lipinski definition) is 1. The molecular formula is C27H30F3N3O3. The lowest BCUT2D eigenvalue weighted by atomic mass is 9.75. The Labute approximate surface area is 208 Å². The van der Waals surface area contributed by atoms with Crippen molar-refractivity contribution < 1.29 is 27.5 Å². The van der Waals surface area contributed by atoms with Crippen LogP contribution in [-0.2, 0) is 9.63 Å². The van der Waals surface area contributed by atoms with Gasteiger partial charge in [-0.2, -0.15) is 13.2 Å². The summed E-state index contributed by atoms with van der Waals surface area (Å²) in [5, 5.41) is 1.15. The van der Waals surface area contributed by atoms with E-state index in [0.29, 0.717) is 18.6 Å². The summed E-state index contributed by atoms with van der Waals surface area (Å²) in [5.41, 5.74) is 3.15. The largest absolute Gasteiger partial charge is 0.492 e. The van der Waals surface area contributed by atoms with Crippen molar-refractivity contribution in [2.75, 3.05) is 13.2 Å². The fourth-order valence-electron chi connectivity index (χ4n) is 4.37. The van der Waals surface area contributed by atoms with Crippen molar-refractivity contribution in [3.05, 3.63) is 60.9 Å². The smallest absolute Gasteiger partial charge is 0.492 e. The lowest BCUT2D eigenvalue weighted by Crippen LogP contribution is -2.45. The molecule has 0 saturated heterocycles. The van der Waals surface area contributed by atoms with Crippen molar-refractivity contribution in [3.63, 3.8) is 0 Å². The number of rotatable bonds is 8. The summed E-state index contributed by atoms with van der Waals surface area (Å²) in [4.78, 5) is 23.6. The van der Waals surface area contributed by atoms with E-state index in [-0.39, 0.29) is 24.6 Å². The van der Waals surface area contributed by atoms with Crippen LogP contribution in [-0.4, -0.2) is 46.4 Å². The molecule has 1 saturated carbocycles. The average Bonchev–Trinajstić information content (AvgIpc) is 3.39. The van der Waals surface area contributed by atoms with Gasteiger partial charge in [0.25, 0.3) is 0 Å². The first kappa shape index (κ1) is 25.8. The van der Waals surface area contributed by atoms with Crippen molar-refractivity contribution in [1.29, 1.82) is 0 Å². The van der Waals surface area contributed by atoms with Crippen LogP contribution in [0.2, 0.25) is 0 Å². The molecule has 1 aliphatic rings. The average molecular weight is 502 g/mol. The molecule has 1 fully saturated rings. The molecule has 1 aliphatic carbocycles. The van der Waals surface area contributed by atoms with Crippen LogP contribution in [0.5, 0.6) is 5.75 Å².